The summed E-state index contributed by atoms with van der Waals surface area (Å²) in [5.41, 5.74) is 3.29. The molecule has 5 nitrogen and oxygen atoms in total. The molecule has 21 heavy (non-hydrogen) atoms. The van der Waals surface area contributed by atoms with E-state index in [1.54, 1.807) is 18.5 Å². The number of hydrogen-bond acceptors (Lipinski definition) is 4. The standard InChI is InChI=1S/C15H15BN2O3/c1-21-15-7-6-11(8-12(15)16(19)20)9-18-10-17-13-4-2-3-5-14(13)18/h2-8,10,19-20H,9H2,1H3. The van der Waals surface area contributed by atoms with Gasteiger partial charge in [-0.05, 0) is 23.8 Å². The highest BCUT2D eigenvalue weighted by molar-refractivity contribution is 6.59. The van der Waals surface area contributed by atoms with E-state index in [4.69, 9.17) is 4.74 Å². The molecule has 0 saturated carbocycles. The summed E-state index contributed by atoms with van der Waals surface area (Å²) in [4.78, 5) is 4.35. The van der Waals surface area contributed by atoms with Crippen LogP contribution in [0.25, 0.3) is 11.0 Å². The first kappa shape index (κ1) is 13.7. The first-order valence-electron chi connectivity index (χ1n) is 6.62. The molecule has 0 aliphatic rings. The van der Waals surface area contributed by atoms with Crippen LogP contribution in [0, 0.1) is 0 Å². The zero-order chi connectivity index (χ0) is 14.8. The molecule has 0 radical (unpaired) electrons. The molecule has 0 amide bonds. The second kappa shape index (κ2) is 5.59. The van der Waals surface area contributed by atoms with Gasteiger partial charge in [-0.1, -0.05) is 24.3 Å². The zero-order valence-electron chi connectivity index (χ0n) is 11.6. The van der Waals surface area contributed by atoms with Gasteiger partial charge in [0.05, 0.1) is 24.5 Å². The number of methoxy groups -OCH3 is 1. The summed E-state index contributed by atoms with van der Waals surface area (Å²) >= 11 is 0. The fourth-order valence-corrected chi connectivity index (χ4v) is 2.42. The molecule has 0 atom stereocenters. The van der Waals surface area contributed by atoms with Crippen molar-refractivity contribution in [2.75, 3.05) is 7.11 Å². The van der Waals surface area contributed by atoms with Crippen molar-refractivity contribution < 1.29 is 14.8 Å². The third-order valence-electron chi connectivity index (χ3n) is 3.45. The van der Waals surface area contributed by atoms with Crippen LogP contribution in [-0.4, -0.2) is 33.8 Å². The van der Waals surface area contributed by atoms with Gasteiger partial charge < -0.3 is 19.4 Å². The lowest BCUT2D eigenvalue weighted by Crippen LogP contribution is -2.31. The number of benzene rings is 2. The molecule has 0 aliphatic carbocycles. The summed E-state index contributed by atoms with van der Waals surface area (Å²) in [7, 11) is -0.0519. The van der Waals surface area contributed by atoms with E-state index in [1.165, 1.54) is 7.11 Å². The number of imidazole rings is 1. The van der Waals surface area contributed by atoms with Crippen LogP contribution in [0.1, 0.15) is 5.56 Å². The van der Waals surface area contributed by atoms with Gasteiger partial charge in [0.1, 0.15) is 5.75 Å². The van der Waals surface area contributed by atoms with Crippen molar-refractivity contribution in [2.45, 2.75) is 6.54 Å². The molecule has 1 heterocycles. The topological polar surface area (TPSA) is 67.5 Å². The van der Waals surface area contributed by atoms with Crippen molar-refractivity contribution in [3.8, 4) is 5.75 Å². The molecule has 0 saturated heterocycles. The molecular weight excluding hydrogens is 267 g/mol. The third-order valence-corrected chi connectivity index (χ3v) is 3.45. The summed E-state index contributed by atoms with van der Waals surface area (Å²) in [6.45, 7) is 0.601. The molecule has 0 unspecified atom stereocenters. The number of fused-ring (bicyclic) bond motifs is 1. The summed E-state index contributed by atoms with van der Waals surface area (Å²) in [5.74, 6) is 0.462. The van der Waals surface area contributed by atoms with Crippen molar-refractivity contribution in [1.29, 1.82) is 0 Å². The molecular formula is C15H15BN2O3. The van der Waals surface area contributed by atoms with Crippen molar-refractivity contribution in [3.63, 3.8) is 0 Å². The minimum Gasteiger partial charge on any atom is -0.497 e. The quantitative estimate of drug-likeness (QED) is 0.694. The van der Waals surface area contributed by atoms with Gasteiger partial charge in [-0.2, -0.15) is 0 Å². The zero-order valence-corrected chi connectivity index (χ0v) is 11.6. The highest BCUT2D eigenvalue weighted by atomic mass is 16.5. The van der Waals surface area contributed by atoms with Gasteiger partial charge in [0, 0.05) is 12.0 Å². The maximum atomic E-state index is 9.41. The molecule has 6 heteroatoms. The lowest BCUT2D eigenvalue weighted by molar-refractivity contribution is 0.403. The van der Waals surface area contributed by atoms with Crippen LogP contribution in [0.5, 0.6) is 5.75 Å². The Bertz CT molecular complexity index is 770. The van der Waals surface area contributed by atoms with E-state index >= 15 is 0 Å². The predicted molar refractivity (Wildman–Crippen MR) is 81.7 cm³/mol. The number of nitrogens with zero attached hydrogens (tertiary/aromatic N) is 2. The van der Waals surface area contributed by atoms with Crippen LogP contribution in [0.15, 0.2) is 48.8 Å². The van der Waals surface area contributed by atoms with Crippen LogP contribution >= 0.6 is 0 Å². The summed E-state index contributed by atoms with van der Waals surface area (Å²) in [6.07, 6.45) is 1.78. The van der Waals surface area contributed by atoms with E-state index in [-0.39, 0.29) is 0 Å². The Kier molecular flexibility index (Phi) is 3.64. The lowest BCUT2D eigenvalue weighted by Gasteiger charge is -2.11. The highest BCUT2D eigenvalue weighted by Crippen LogP contribution is 2.15. The predicted octanol–water partition coefficient (Wildman–Crippen LogP) is 0.773. The molecule has 2 N–H and O–H groups in total. The SMILES string of the molecule is COc1ccc(Cn2cnc3ccccc32)cc1B(O)O. The van der Waals surface area contributed by atoms with E-state index in [1.807, 2.05) is 34.9 Å². The monoisotopic (exact) mass is 282 g/mol. The number of para-hydroxylation sites is 2. The fourth-order valence-electron chi connectivity index (χ4n) is 2.42. The second-order valence-electron chi connectivity index (χ2n) is 4.81. The van der Waals surface area contributed by atoms with Crippen molar-refractivity contribution in [1.82, 2.24) is 9.55 Å². The van der Waals surface area contributed by atoms with Gasteiger partial charge in [0.15, 0.2) is 0 Å². The maximum Gasteiger partial charge on any atom is 0.492 e. The van der Waals surface area contributed by atoms with Crippen LogP contribution in [0.4, 0.5) is 0 Å². The number of ether oxygens (including phenoxy) is 1. The van der Waals surface area contributed by atoms with E-state index in [2.05, 4.69) is 4.98 Å². The first-order valence-corrected chi connectivity index (χ1v) is 6.62. The lowest BCUT2D eigenvalue weighted by atomic mass is 9.78. The van der Waals surface area contributed by atoms with Crippen molar-refractivity contribution >= 4 is 23.6 Å². The molecule has 3 aromatic rings. The number of hydrogen-bond donors (Lipinski definition) is 2. The molecule has 1 aromatic heterocycles. The Balaban J connectivity index is 1.96. The van der Waals surface area contributed by atoms with Crippen molar-refractivity contribution in [2.24, 2.45) is 0 Å². The third kappa shape index (κ3) is 2.63. The molecule has 0 bridgehead atoms. The molecule has 3 rings (SSSR count). The van der Waals surface area contributed by atoms with Gasteiger partial charge in [0.2, 0.25) is 0 Å². The van der Waals surface area contributed by atoms with Crippen LogP contribution in [-0.2, 0) is 6.54 Å². The Morgan fingerprint density at radius 2 is 2.00 bits per heavy atom. The Morgan fingerprint density at radius 3 is 2.76 bits per heavy atom. The van der Waals surface area contributed by atoms with E-state index in [9.17, 15) is 10.0 Å². The fraction of sp³-hybridized carbons (Fsp3) is 0.133. The van der Waals surface area contributed by atoms with E-state index in [0.29, 0.717) is 17.8 Å². The van der Waals surface area contributed by atoms with Crippen LogP contribution in [0.2, 0.25) is 0 Å². The van der Waals surface area contributed by atoms with Crippen LogP contribution < -0.4 is 10.2 Å². The molecule has 106 valence electrons. The van der Waals surface area contributed by atoms with Crippen LogP contribution in [0.3, 0.4) is 0 Å². The smallest absolute Gasteiger partial charge is 0.492 e. The number of aromatic nitrogens is 2. The van der Waals surface area contributed by atoms with Gasteiger partial charge in [0.25, 0.3) is 0 Å². The van der Waals surface area contributed by atoms with E-state index < -0.39 is 7.12 Å². The Labute approximate surface area is 122 Å². The maximum absolute atomic E-state index is 9.41. The summed E-state index contributed by atoms with van der Waals surface area (Å²) in [5, 5.41) is 18.8. The average molecular weight is 282 g/mol. The normalized spacial score (nSPS) is 10.8. The highest BCUT2D eigenvalue weighted by Gasteiger charge is 2.17. The second-order valence-corrected chi connectivity index (χ2v) is 4.81. The molecule has 0 spiro atoms. The van der Waals surface area contributed by atoms with Gasteiger partial charge in [-0.25, -0.2) is 4.98 Å². The van der Waals surface area contributed by atoms with Gasteiger partial charge in [-0.15, -0.1) is 0 Å². The summed E-state index contributed by atoms with van der Waals surface area (Å²) < 4.78 is 7.15. The molecule has 2 aromatic carbocycles. The minimum atomic E-state index is -1.56. The Morgan fingerprint density at radius 1 is 1.19 bits per heavy atom. The van der Waals surface area contributed by atoms with Gasteiger partial charge in [-0.3, -0.25) is 0 Å². The number of rotatable bonds is 4. The minimum absolute atomic E-state index is 0.361. The molecule has 0 fully saturated rings. The van der Waals surface area contributed by atoms with E-state index in [0.717, 1.165) is 16.6 Å². The van der Waals surface area contributed by atoms with Crippen molar-refractivity contribution in [3.05, 3.63) is 54.4 Å². The largest absolute Gasteiger partial charge is 0.497 e. The summed E-state index contributed by atoms with van der Waals surface area (Å²) in [6, 6.07) is 13.3. The first-order chi connectivity index (χ1) is 10.2. The average Bonchev–Trinajstić information content (AvgIpc) is 2.90. The van der Waals surface area contributed by atoms with Gasteiger partial charge >= 0.3 is 7.12 Å². The Hall–Kier alpha value is -2.31. The molecule has 0 aliphatic heterocycles.